The Morgan fingerprint density at radius 1 is 0.610 bits per heavy atom. The van der Waals surface area contributed by atoms with Crippen molar-refractivity contribution in [3.05, 3.63) is 0 Å². The van der Waals surface area contributed by atoms with Gasteiger partial charge < -0.3 is 9.47 Å². The molecular formula is C23H24F14O4. The first-order chi connectivity index (χ1) is 17.9. The molecule has 0 aliphatic heterocycles. The lowest BCUT2D eigenvalue weighted by molar-refractivity contribution is -0.350. The van der Waals surface area contributed by atoms with Crippen molar-refractivity contribution in [2.45, 2.75) is 102 Å². The zero-order valence-corrected chi connectivity index (χ0v) is 21.6. The molecule has 0 spiro atoms. The molecule has 41 heavy (non-hydrogen) atoms. The predicted octanol–water partition coefficient (Wildman–Crippen LogP) is 7.35. The van der Waals surface area contributed by atoms with Gasteiger partial charge in [-0.3, -0.25) is 0 Å². The monoisotopic (exact) mass is 630 g/mol. The summed E-state index contributed by atoms with van der Waals surface area (Å²) in [6, 6.07) is 0. The normalized spacial score (nSPS) is 34.3. The average molecular weight is 630 g/mol. The summed E-state index contributed by atoms with van der Waals surface area (Å²) in [6.45, 7) is 5.37. The Balaban J connectivity index is 2.02. The van der Waals surface area contributed by atoms with E-state index in [-0.39, 0.29) is 12.8 Å². The SMILES string of the molecule is CC1(C)CCCC2(C)C3C(OC(=O)C(F)(F)C(F)(F)C(F)(F)F)CC2(C)C(OC(=O)C(F)(F)C(F)(F)C(F)(F)F)C31. The Kier molecular flexibility index (Phi) is 7.33. The van der Waals surface area contributed by atoms with Crippen molar-refractivity contribution in [3.8, 4) is 0 Å². The smallest absolute Gasteiger partial charge is 0.457 e. The van der Waals surface area contributed by atoms with Crippen LogP contribution in [-0.4, -0.2) is 60.2 Å². The van der Waals surface area contributed by atoms with Crippen LogP contribution in [0.3, 0.4) is 0 Å². The van der Waals surface area contributed by atoms with Gasteiger partial charge in [0.2, 0.25) is 0 Å². The molecule has 0 aromatic heterocycles. The van der Waals surface area contributed by atoms with E-state index >= 15 is 0 Å². The van der Waals surface area contributed by atoms with Gasteiger partial charge in [0.25, 0.3) is 0 Å². The molecule has 3 rings (SSSR count). The highest BCUT2D eigenvalue weighted by atomic mass is 19.4. The van der Waals surface area contributed by atoms with Crippen LogP contribution < -0.4 is 0 Å². The molecule has 4 nitrogen and oxygen atoms in total. The number of hydrogen-bond acceptors (Lipinski definition) is 4. The van der Waals surface area contributed by atoms with Crippen LogP contribution >= 0.6 is 0 Å². The molecule has 0 heterocycles. The maximum Gasteiger partial charge on any atom is 0.460 e. The minimum atomic E-state index is -6.87. The van der Waals surface area contributed by atoms with Crippen molar-refractivity contribution in [2.24, 2.45) is 28.1 Å². The van der Waals surface area contributed by atoms with Gasteiger partial charge in [0.15, 0.2) is 0 Å². The highest BCUT2D eigenvalue weighted by molar-refractivity contribution is 5.80. The van der Waals surface area contributed by atoms with Gasteiger partial charge >= 0.3 is 48.0 Å². The van der Waals surface area contributed by atoms with E-state index in [1.807, 2.05) is 0 Å². The summed E-state index contributed by atoms with van der Waals surface area (Å²) in [7, 11) is 0. The van der Waals surface area contributed by atoms with Gasteiger partial charge in [-0.1, -0.05) is 34.1 Å². The maximum absolute atomic E-state index is 14.2. The first-order valence-electron chi connectivity index (χ1n) is 12.0. The van der Waals surface area contributed by atoms with Crippen molar-refractivity contribution in [1.29, 1.82) is 0 Å². The molecule has 0 radical (unpaired) electrons. The number of ether oxygens (including phenoxy) is 2. The number of carbonyl (C=O) groups is 2. The topological polar surface area (TPSA) is 52.6 Å². The van der Waals surface area contributed by atoms with Crippen LogP contribution in [0.25, 0.3) is 0 Å². The number of hydrogen-bond donors (Lipinski definition) is 0. The molecule has 18 heteroatoms. The lowest BCUT2D eigenvalue weighted by atomic mass is 9.62. The third-order valence-corrected chi connectivity index (χ3v) is 9.33. The lowest BCUT2D eigenvalue weighted by Gasteiger charge is -2.47. The van der Waals surface area contributed by atoms with E-state index in [2.05, 4.69) is 9.47 Å². The van der Waals surface area contributed by atoms with Gasteiger partial charge in [-0.25, -0.2) is 9.59 Å². The molecule has 0 N–H and O–H groups in total. The molecule has 0 aromatic carbocycles. The average Bonchev–Trinajstić information content (AvgIpc) is 3.02. The number of rotatable bonds is 6. The zero-order valence-electron chi connectivity index (χ0n) is 21.6. The summed E-state index contributed by atoms with van der Waals surface area (Å²) >= 11 is 0. The summed E-state index contributed by atoms with van der Waals surface area (Å²) < 4.78 is 195. The Labute approximate surface area is 223 Å². The van der Waals surface area contributed by atoms with Crippen LogP contribution in [0.1, 0.15) is 53.4 Å². The first-order valence-corrected chi connectivity index (χ1v) is 12.0. The second kappa shape index (κ2) is 8.99. The van der Waals surface area contributed by atoms with E-state index in [9.17, 15) is 71.1 Å². The van der Waals surface area contributed by atoms with Gasteiger partial charge in [-0.05, 0) is 30.1 Å². The second-order valence-electron chi connectivity index (χ2n) is 12.0. The third kappa shape index (κ3) is 4.37. The van der Waals surface area contributed by atoms with Crippen molar-refractivity contribution in [2.75, 3.05) is 0 Å². The van der Waals surface area contributed by atoms with Crippen LogP contribution in [0.4, 0.5) is 61.5 Å². The van der Waals surface area contributed by atoms with E-state index < -0.39 is 94.7 Å². The number of halogens is 14. The third-order valence-electron chi connectivity index (χ3n) is 9.33. The summed E-state index contributed by atoms with van der Waals surface area (Å²) in [5.74, 6) is -35.7. The quantitative estimate of drug-likeness (QED) is 0.228. The Morgan fingerprint density at radius 3 is 1.44 bits per heavy atom. The molecule has 3 fully saturated rings. The van der Waals surface area contributed by atoms with Crippen molar-refractivity contribution in [1.82, 2.24) is 0 Å². The van der Waals surface area contributed by atoms with Gasteiger partial charge in [-0.15, -0.1) is 0 Å². The molecule has 3 aliphatic carbocycles. The van der Waals surface area contributed by atoms with Crippen LogP contribution in [-0.2, 0) is 19.1 Å². The summed E-state index contributed by atoms with van der Waals surface area (Å²) in [5, 5.41) is 0. The summed E-state index contributed by atoms with van der Waals surface area (Å²) in [5.41, 5.74) is -4.34. The van der Waals surface area contributed by atoms with E-state index in [0.717, 1.165) is 6.92 Å². The fourth-order valence-electron chi connectivity index (χ4n) is 6.98. The number of alkyl halides is 14. The highest BCUT2D eigenvalue weighted by Crippen LogP contribution is 2.75. The summed E-state index contributed by atoms with van der Waals surface area (Å²) in [6.07, 6.45) is -17.7. The molecule has 3 aliphatic rings. The molecule has 4 bridgehead atoms. The Bertz CT molecular complexity index is 1080. The minimum Gasteiger partial charge on any atom is -0.457 e. The standard InChI is InChI=1S/C23H24F14O4/c1-15(2)6-5-7-16(3)10-9(40-13(38)18(24,25)20(28,29)22(32,33)34)8-17(16,4)12(11(10)15)41-14(39)19(26,27)21(30,31)23(35,36)37/h9-12H,5-8H2,1-4H3. The lowest BCUT2D eigenvalue weighted by Crippen LogP contribution is -2.59. The van der Waals surface area contributed by atoms with E-state index in [0.29, 0.717) is 6.42 Å². The summed E-state index contributed by atoms with van der Waals surface area (Å²) in [4.78, 5) is 24.2. The van der Waals surface area contributed by atoms with Crippen LogP contribution in [0.5, 0.6) is 0 Å². The van der Waals surface area contributed by atoms with Crippen LogP contribution in [0.15, 0.2) is 0 Å². The highest BCUT2D eigenvalue weighted by Gasteiger charge is 2.81. The molecule has 0 saturated heterocycles. The maximum atomic E-state index is 14.2. The fraction of sp³-hybridized carbons (Fsp3) is 0.913. The van der Waals surface area contributed by atoms with Crippen molar-refractivity contribution >= 4 is 11.9 Å². The van der Waals surface area contributed by atoms with Gasteiger partial charge in [-0.2, -0.15) is 61.5 Å². The van der Waals surface area contributed by atoms with Gasteiger partial charge in [0.1, 0.15) is 12.2 Å². The fourth-order valence-corrected chi connectivity index (χ4v) is 6.98. The zero-order chi connectivity index (χ0) is 32.2. The number of esters is 2. The molecule has 238 valence electrons. The first kappa shape index (κ1) is 33.5. The molecule has 3 saturated carbocycles. The van der Waals surface area contributed by atoms with Crippen LogP contribution in [0, 0.1) is 28.1 Å². The second-order valence-corrected chi connectivity index (χ2v) is 12.0. The van der Waals surface area contributed by atoms with Gasteiger partial charge in [0.05, 0.1) is 0 Å². The predicted molar refractivity (Wildman–Crippen MR) is 107 cm³/mol. The molecule has 0 amide bonds. The van der Waals surface area contributed by atoms with Gasteiger partial charge in [0, 0.05) is 17.3 Å². The Morgan fingerprint density at radius 2 is 1.02 bits per heavy atom. The molecule has 0 aromatic rings. The van der Waals surface area contributed by atoms with E-state index in [4.69, 9.17) is 0 Å². The Hall–Kier alpha value is -2.04. The molecular weight excluding hydrogens is 606 g/mol. The van der Waals surface area contributed by atoms with Crippen LogP contribution in [0.2, 0.25) is 0 Å². The molecule has 6 unspecified atom stereocenters. The number of carbonyl (C=O) groups excluding carboxylic acids is 2. The van der Waals surface area contributed by atoms with Crippen molar-refractivity contribution in [3.63, 3.8) is 0 Å². The van der Waals surface area contributed by atoms with E-state index in [1.54, 1.807) is 0 Å². The van der Waals surface area contributed by atoms with Crippen molar-refractivity contribution < 1.29 is 80.5 Å². The van der Waals surface area contributed by atoms with E-state index in [1.165, 1.54) is 20.8 Å². The minimum absolute atomic E-state index is 0.0421. The largest absolute Gasteiger partial charge is 0.460 e. The molecule has 6 atom stereocenters.